The molecule has 0 aliphatic carbocycles. The lowest BCUT2D eigenvalue weighted by Gasteiger charge is -2.17. The Balaban J connectivity index is 2.22. The van der Waals surface area contributed by atoms with Gasteiger partial charge < -0.3 is 10.2 Å². The number of carbonyl (C=O) groups is 1. The fourth-order valence-electron chi connectivity index (χ4n) is 1.70. The second-order valence-electron chi connectivity index (χ2n) is 4.27. The highest BCUT2D eigenvalue weighted by Crippen LogP contribution is 2.23. The summed E-state index contributed by atoms with van der Waals surface area (Å²) >= 11 is 0. The van der Waals surface area contributed by atoms with Crippen LogP contribution >= 0.6 is 0 Å². The summed E-state index contributed by atoms with van der Waals surface area (Å²) in [5, 5.41) is 6.87. The van der Waals surface area contributed by atoms with Gasteiger partial charge in [-0.3, -0.25) is 9.48 Å². The first-order chi connectivity index (χ1) is 8.58. The van der Waals surface area contributed by atoms with Crippen LogP contribution in [0.2, 0.25) is 0 Å². The molecule has 1 aromatic heterocycles. The van der Waals surface area contributed by atoms with Gasteiger partial charge in [-0.1, -0.05) is 12.1 Å². The zero-order valence-electron chi connectivity index (χ0n) is 10.7. The molecule has 0 fully saturated rings. The quantitative estimate of drug-likeness (QED) is 0.894. The van der Waals surface area contributed by atoms with Crippen LogP contribution in [-0.4, -0.2) is 29.8 Å². The van der Waals surface area contributed by atoms with Crippen LogP contribution in [-0.2, 0) is 7.05 Å². The number of nitrogens with zero attached hydrogens (tertiary/aromatic N) is 3. The molecule has 5 nitrogen and oxygen atoms in total. The van der Waals surface area contributed by atoms with Crippen molar-refractivity contribution in [2.24, 2.45) is 7.05 Å². The number of rotatable bonds is 3. The number of aryl methyl sites for hydroxylation is 1. The van der Waals surface area contributed by atoms with Gasteiger partial charge in [0, 0.05) is 27.3 Å². The second kappa shape index (κ2) is 4.91. The van der Waals surface area contributed by atoms with E-state index in [0.717, 1.165) is 11.4 Å². The first-order valence-corrected chi connectivity index (χ1v) is 5.64. The lowest BCUT2D eigenvalue weighted by atomic mass is 10.2. The van der Waals surface area contributed by atoms with Gasteiger partial charge in [0.25, 0.3) is 5.91 Å². The molecule has 0 radical (unpaired) electrons. The molecule has 94 valence electrons. The van der Waals surface area contributed by atoms with Crippen LogP contribution in [0.1, 0.15) is 10.4 Å². The minimum atomic E-state index is -0.155. The van der Waals surface area contributed by atoms with Crippen molar-refractivity contribution in [1.29, 1.82) is 0 Å². The largest absolute Gasteiger partial charge is 0.376 e. The maximum Gasteiger partial charge on any atom is 0.258 e. The van der Waals surface area contributed by atoms with Gasteiger partial charge in [-0.25, -0.2) is 0 Å². The number of para-hydroxylation sites is 2. The van der Waals surface area contributed by atoms with Gasteiger partial charge >= 0.3 is 0 Å². The summed E-state index contributed by atoms with van der Waals surface area (Å²) in [6.45, 7) is 0. The number of hydrogen-bond acceptors (Lipinski definition) is 3. The van der Waals surface area contributed by atoms with Crippen LogP contribution in [0, 0.1) is 0 Å². The molecule has 2 aromatic rings. The average molecular weight is 244 g/mol. The fourth-order valence-corrected chi connectivity index (χ4v) is 1.70. The highest BCUT2D eigenvalue weighted by molar-refractivity contribution is 6.05. The molecule has 0 saturated carbocycles. The predicted molar refractivity (Wildman–Crippen MR) is 71.9 cm³/mol. The van der Waals surface area contributed by atoms with Gasteiger partial charge in [-0.05, 0) is 12.1 Å². The lowest BCUT2D eigenvalue weighted by Crippen LogP contribution is -2.16. The van der Waals surface area contributed by atoms with Gasteiger partial charge in [0.2, 0.25) is 0 Å². The van der Waals surface area contributed by atoms with E-state index in [4.69, 9.17) is 0 Å². The monoisotopic (exact) mass is 244 g/mol. The number of benzene rings is 1. The normalized spacial score (nSPS) is 10.2. The maximum absolute atomic E-state index is 12.0. The summed E-state index contributed by atoms with van der Waals surface area (Å²) in [5.41, 5.74) is 2.30. The van der Waals surface area contributed by atoms with Crippen LogP contribution in [0.4, 0.5) is 11.4 Å². The van der Waals surface area contributed by atoms with Gasteiger partial charge in [-0.2, -0.15) is 5.10 Å². The average Bonchev–Trinajstić information content (AvgIpc) is 2.76. The zero-order chi connectivity index (χ0) is 13.1. The SMILES string of the molecule is CN(C)c1ccccc1NC(=O)c1cnn(C)c1. The predicted octanol–water partition coefficient (Wildman–Crippen LogP) is 1.74. The molecule has 0 bridgehead atoms. The highest BCUT2D eigenvalue weighted by Gasteiger charge is 2.11. The smallest absolute Gasteiger partial charge is 0.258 e. The van der Waals surface area contributed by atoms with Crippen LogP contribution in [0.15, 0.2) is 36.7 Å². The number of amides is 1. The molecule has 0 saturated heterocycles. The number of carbonyl (C=O) groups excluding carboxylic acids is 1. The Morgan fingerprint density at radius 2 is 2.06 bits per heavy atom. The number of hydrogen-bond donors (Lipinski definition) is 1. The van der Waals surface area contributed by atoms with E-state index >= 15 is 0 Å². The van der Waals surface area contributed by atoms with Crippen molar-refractivity contribution in [3.8, 4) is 0 Å². The van der Waals surface area contributed by atoms with E-state index in [1.807, 2.05) is 43.3 Å². The Morgan fingerprint density at radius 3 is 2.67 bits per heavy atom. The molecule has 0 unspecified atom stereocenters. The van der Waals surface area contributed by atoms with Crippen molar-refractivity contribution in [3.63, 3.8) is 0 Å². The van der Waals surface area contributed by atoms with E-state index in [1.54, 1.807) is 24.1 Å². The highest BCUT2D eigenvalue weighted by atomic mass is 16.1. The Morgan fingerprint density at radius 1 is 1.33 bits per heavy atom. The molecule has 5 heteroatoms. The van der Waals surface area contributed by atoms with E-state index < -0.39 is 0 Å². The fraction of sp³-hybridized carbons (Fsp3) is 0.231. The minimum absolute atomic E-state index is 0.155. The Kier molecular flexibility index (Phi) is 3.32. The van der Waals surface area contributed by atoms with Crippen molar-refractivity contribution in [1.82, 2.24) is 9.78 Å². The van der Waals surface area contributed by atoms with Crippen molar-refractivity contribution in [3.05, 3.63) is 42.2 Å². The van der Waals surface area contributed by atoms with Crippen molar-refractivity contribution < 1.29 is 4.79 Å². The second-order valence-corrected chi connectivity index (χ2v) is 4.27. The number of aromatic nitrogens is 2. The molecule has 2 rings (SSSR count). The third-order valence-corrected chi connectivity index (χ3v) is 2.60. The third kappa shape index (κ3) is 2.51. The van der Waals surface area contributed by atoms with E-state index in [-0.39, 0.29) is 5.91 Å². The Labute approximate surface area is 106 Å². The Hall–Kier alpha value is -2.30. The number of nitrogens with one attached hydrogen (secondary N) is 1. The molecule has 1 amide bonds. The molecule has 0 aliphatic rings. The maximum atomic E-state index is 12.0. The van der Waals surface area contributed by atoms with Gasteiger partial charge in [0.05, 0.1) is 23.1 Å². The standard InChI is InChI=1S/C13H16N4O/c1-16(2)12-7-5-4-6-11(12)15-13(18)10-8-14-17(3)9-10/h4-9H,1-3H3,(H,15,18). The van der Waals surface area contributed by atoms with Crippen LogP contribution in [0.5, 0.6) is 0 Å². The van der Waals surface area contributed by atoms with Gasteiger partial charge in [0.1, 0.15) is 0 Å². The van der Waals surface area contributed by atoms with Gasteiger partial charge in [0.15, 0.2) is 0 Å². The molecular formula is C13H16N4O. The number of anilines is 2. The van der Waals surface area contributed by atoms with E-state index in [1.165, 1.54) is 0 Å². The summed E-state index contributed by atoms with van der Waals surface area (Å²) < 4.78 is 1.60. The lowest BCUT2D eigenvalue weighted by molar-refractivity contribution is 0.102. The molecule has 1 heterocycles. The third-order valence-electron chi connectivity index (χ3n) is 2.60. The molecule has 1 N–H and O–H groups in total. The minimum Gasteiger partial charge on any atom is -0.376 e. The first-order valence-electron chi connectivity index (χ1n) is 5.64. The first kappa shape index (κ1) is 12.2. The molecule has 0 atom stereocenters. The van der Waals surface area contributed by atoms with E-state index in [9.17, 15) is 4.79 Å². The topological polar surface area (TPSA) is 50.2 Å². The van der Waals surface area contributed by atoms with Crippen molar-refractivity contribution in [2.45, 2.75) is 0 Å². The molecule has 1 aromatic carbocycles. The summed E-state index contributed by atoms with van der Waals surface area (Å²) in [7, 11) is 5.66. The molecule has 0 spiro atoms. The summed E-state index contributed by atoms with van der Waals surface area (Å²) in [5.74, 6) is -0.155. The zero-order valence-corrected chi connectivity index (χ0v) is 10.7. The van der Waals surface area contributed by atoms with Crippen LogP contribution in [0.25, 0.3) is 0 Å². The molecular weight excluding hydrogens is 228 g/mol. The molecule has 0 aliphatic heterocycles. The molecule has 18 heavy (non-hydrogen) atoms. The van der Waals surface area contributed by atoms with Crippen LogP contribution in [0.3, 0.4) is 0 Å². The van der Waals surface area contributed by atoms with E-state index in [0.29, 0.717) is 5.56 Å². The Bertz CT molecular complexity index is 560. The van der Waals surface area contributed by atoms with E-state index in [2.05, 4.69) is 10.4 Å². The van der Waals surface area contributed by atoms with Crippen molar-refractivity contribution in [2.75, 3.05) is 24.3 Å². The summed E-state index contributed by atoms with van der Waals surface area (Å²) in [6.07, 6.45) is 3.24. The van der Waals surface area contributed by atoms with Gasteiger partial charge in [-0.15, -0.1) is 0 Å². The summed E-state index contributed by atoms with van der Waals surface area (Å²) in [4.78, 5) is 14.0. The van der Waals surface area contributed by atoms with Crippen LogP contribution < -0.4 is 10.2 Å². The van der Waals surface area contributed by atoms with Crippen molar-refractivity contribution >= 4 is 17.3 Å². The summed E-state index contributed by atoms with van der Waals surface area (Å²) in [6, 6.07) is 7.67.